The van der Waals surface area contributed by atoms with Gasteiger partial charge < -0.3 is 26.0 Å². The lowest BCUT2D eigenvalue weighted by molar-refractivity contribution is -0.144. The van der Waals surface area contributed by atoms with Gasteiger partial charge >= 0.3 is 6.09 Å². The molecule has 3 unspecified atom stereocenters. The summed E-state index contributed by atoms with van der Waals surface area (Å²) < 4.78 is 5.40. The van der Waals surface area contributed by atoms with Gasteiger partial charge in [0.05, 0.1) is 6.42 Å². The predicted molar refractivity (Wildman–Crippen MR) is 171 cm³/mol. The number of nitrogens with zero attached hydrogens (tertiary/aromatic N) is 1. The largest absolute Gasteiger partial charge is 0.444 e. The van der Waals surface area contributed by atoms with Crippen LogP contribution < -0.4 is 16.4 Å². The van der Waals surface area contributed by atoms with Crippen molar-refractivity contribution in [1.82, 2.24) is 10.2 Å². The van der Waals surface area contributed by atoms with E-state index in [4.69, 9.17) is 10.5 Å². The van der Waals surface area contributed by atoms with E-state index in [0.29, 0.717) is 23.6 Å². The van der Waals surface area contributed by atoms with Gasteiger partial charge in [0.2, 0.25) is 11.8 Å². The minimum Gasteiger partial charge on any atom is -0.444 e. The summed E-state index contributed by atoms with van der Waals surface area (Å²) in [6.07, 6.45) is 0.0778. The quantitative estimate of drug-likeness (QED) is 0.277. The van der Waals surface area contributed by atoms with Crippen LogP contribution in [0.5, 0.6) is 0 Å². The van der Waals surface area contributed by atoms with E-state index in [-0.39, 0.29) is 0 Å². The Hall–Kier alpha value is -3.88. The minimum absolute atomic E-state index is 0.350. The normalized spacial score (nSPS) is 13.6. The molecule has 9 heteroatoms. The number of alkyl carbamates (subject to hydrolysis) is 1. The second-order valence-electron chi connectivity index (χ2n) is 12.9. The highest BCUT2D eigenvalue weighted by Gasteiger charge is 2.40. The van der Waals surface area contributed by atoms with Crippen LogP contribution >= 0.6 is 0 Å². The fraction of sp³-hybridized carbons (Fsp3) is 0.529. The third kappa shape index (κ3) is 10.1. The van der Waals surface area contributed by atoms with E-state index in [0.717, 1.165) is 28.7 Å². The van der Waals surface area contributed by atoms with Crippen LogP contribution in [0, 0.1) is 33.6 Å². The van der Waals surface area contributed by atoms with Crippen LogP contribution in [0.3, 0.4) is 0 Å². The van der Waals surface area contributed by atoms with Gasteiger partial charge in [-0.05, 0) is 102 Å². The Morgan fingerprint density at radius 2 is 1.44 bits per heavy atom. The number of ether oxygens (including phenoxy) is 1. The summed E-state index contributed by atoms with van der Waals surface area (Å²) in [4.78, 5) is 55.4. The molecule has 236 valence electrons. The molecule has 9 nitrogen and oxygen atoms in total. The fourth-order valence-corrected chi connectivity index (χ4v) is 5.03. The van der Waals surface area contributed by atoms with Crippen molar-refractivity contribution in [2.75, 3.05) is 5.32 Å². The summed E-state index contributed by atoms with van der Waals surface area (Å²) in [5, 5.41) is 5.65. The van der Waals surface area contributed by atoms with Gasteiger partial charge in [0, 0.05) is 11.7 Å². The molecule has 0 aliphatic heterocycles. The molecule has 2 aromatic carbocycles. The van der Waals surface area contributed by atoms with Gasteiger partial charge in [0.25, 0.3) is 5.91 Å². The number of hydrogen-bond acceptors (Lipinski definition) is 5. The van der Waals surface area contributed by atoms with E-state index < -0.39 is 54.0 Å². The molecule has 4 N–H and O–H groups in total. The first-order valence-corrected chi connectivity index (χ1v) is 15.0. The summed E-state index contributed by atoms with van der Waals surface area (Å²) in [6.45, 7) is 18.9. The van der Waals surface area contributed by atoms with Gasteiger partial charge in [-0.25, -0.2) is 4.79 Å². The van der Waals surface area contributed by atoms with E-state index in [1.165, 1.54) is 4.90 Å². The van der Waals surface area contributed by atoms with Crippen molar-refractivity contribution in [2.45, 2.75) is 112 Å². The molecular weight excluding hydrogens is 544 g/mol. The summed E-state index contributed by atoms with van der Waals surface area (Å²) >= 11 is 0. The van der Waals surface area contributed by atoms with E-state index in [1.807, 2.05) is 71.0 Å². The highest BCUT2D eigenvalue weighted by atomic mass is 16.6. The molecule has 0 aliphatic rings. The van der Waals surface area contributed by atoms with Crippen molar-refractivity contribution in [3.05, 3.63) is 64.2 Å². The Morgan fingerprint density at radius 1 is 0.884 bits per heavy atom. The highest BCUT2D eigenvalue weighted by molar-refractivity contribution is 6.00. The second kappa shape index (κ2) is 15.0. The summed E-state index contributed by atoms with van der Waals surface area (Å²) in [5.41, 5.74) is 9.65. The van der Waals surface area contributed by atoms with Gasteiger partial charge in [-0.3, -0.25) is 14.4 Å². The number of amides is 4. The molecule has 2 aromatic rings. The molecule has 43 heavy (non-hydrogen) atoms. The highest BCUT2D eigenvalue weighted by Crippen LogP contribution is 2.32. The van der Waals surface area contributed by atoms with Crippen molar-refractivity contribution in [3.63, 3.8) is 0 Å². The number of nitrogens with one attached hydrogen (secondary N) is 2. The predicted octanol–water partition coefficient (Wildman–Crippen LogP) is 6.02. The Kier molecular flexibility index (Phi) is 12.3. The molecule has 0 aromatic heterocycles. The molecule has 3 atom stereocenters. The number of rotatable bonds is 12. The number of anilines is 1. The smallest absolute Gasteiger partial charge is 0.408 e. The lowest BCUT2D eigenvalue weighted by Crippen LogP contribution is -2.56. The number of para-hydroxylation sites is 1. The molecule has 0 radical (unpaired) electrons. The van der Waals surface area contributed by atoms with Crippen LogP contribution in [0.15, 0.2) is 36.4 Å². The summed E-state index contributed by atoms with van der Waals surface area (Å²) in [5.74, 6) is -1.41. The number of nitrogens with two attached hydrogens (primary N) is 1. The van der Waals surface area contributed by atoms with Gasteiger partial charge in [-0.15, -0.1) is 0 Å². The Bertz CT molecular complexity index is 1290. The zero-order valence-electron chi connectivity index (χ0n) is 27.5. The third-order valence-corrected chi connectivity index (χ3v) is 7.48. The van der Waals surface area contributed by atoms with E-state index >= 15 is 0 Å². The number of aryl methyl sites for hydroxylation is 3. The monoisotopic (exact) mass is 594 g/mol. The molecule has 0 fully saturated rings. The number of carbonyl (C=O) groups is 4. The minimum atomic E-state index is -1.34. The maximum Gasteiger partial charge on any atom is 0.408 e. The first kappa shape index (κ1) is 35.3. The summed E-state index contributed by atoms with van der Waals surface area (Å²) in [6, 6.07) is 8.57. The standard InChI is InChI=1S/C34H50N4O5/c1-20(2)17-18-24(6)38(32(41)27(19-28(35)39)36-33(42)43-34(8,9)10)30(26-16-12-13-21(3)25(26)7)31(40)37-29-22(4)14-11-15-23(29)5/h11-16,20,24,27,30H,17-19H2,1-10H3,(H2,35,39)(H,36,42)(H,37,40). The molecular formula is C34H50N4O5. The average molecular weight is 595 g/mol. The van der Waals surface area contributed by atoms with E-state index in [2.05, 4.69) is 24.5 Å². The van der Waals surface area contributed by atoms with Crippen LogP contribution in [-0.2, 0) is 19.1 Å². The van der Waals surface area contributed by atoms with Crippen LogP contribution in [0.2, 0.25) is 0 Å². The number of benzene rings is 2. The molecule has 2 rings (SSSR count). The van der Waals surface area contributed by atoms with Crippen LogP contribution in [-0.4, -0.2) is 46.4 Å². The van der Waals surface area contributed by atoms with Crippen LogP contribution in [0.25, 0.3) is 0 Å². The number of carbonyl (C=O) groups excluding carboxylic acids is 4. The van der Waals surface area contributed by atoms with Crippen molar-refractivity contribution in [1.29, 1.82) is 0 Å². The van der Waals surface area contributed by atoms with Crippen molar-refractivity contribution in [2.24, 2.45) is 11.7 Å². The lowest BCUT2D eigenvalue weighted by Gasteiger charge is -2.39. The number of hydrogen-bond donors (Lipinski definition) is 3. The van der Waals surface area contributed by atoms with Crippen molar-refractivity contribution >= 4 is 29.5 Å². The van der Waals surface area contributed by atoms with Crippen molar-refractivity contribution < 1.29 is 23.9 Å². The second-order valence-corrected chi connectivity index (χ2v) is 12.9. The van der Waals surface area contributed by atoms with Gasteiger partial charge in [-0.2, -0.15) is 0 Å². The fourth-order valence-electron chi connectivity index (χ4n) is 5.03. The Labute approximate surface area is 256 Å². The molecule has 0 saturated heterocycles. The third-order valence-electron chi connectivity index (χ3n) is 7.48. The molecule has 4 amide bonds. The SMILES string of the molecule is Cc1cccc(C(C(=O)Nc2c(C)cccc2C)N(C(=O)C(CC(N)=O)NC(=O)OC(C)(C)C)C(C)CCC(C)C)c1C. The van der Waals surface area contributed by atoms with Gasteiger partial charge in [-0.1, -0.05) is 50.2 Å². The van der Waals surface area contributed by atoms with Crippen LogP contribution in [0.4, 0.5) is 10.5 Å². The Balaban J connectivity index is 2.74. The molecule has 0 saturated carbocycles. The van der Waals surface area contributed by atoms with Crippen molar-refractivity contribution in [3.8, 4) is 0 Å². The lowest BCUT2D eigenvalue weighted by atomic mass is 9.92. The molecule has 0 spiro atoms. The summed E-state index contributed by atoms with van der Waals surface area (Å²) in [7, 11) is 0. The van der Waals surface area contributed by atoms with Gasteiger partial charge in [0.1, 0.15) is 17.7 Å². The topological polar surface area (TPSA) is 131 Å². The zero-order chi connectivity index (χ0) is 32.6. The molecule has 0 heterocycles. The number of primary amides is 1. The maximum absolute atomic E-state index is 14.5. The zero-order valence-corrected chi connectivity index (χ0v) is 27.5. The van der Waals surface area contributed by atoms with E-state index in [1.54, 1.807) is 20.8 Å². The van der Waals surface area contributed by atoms with Gasteiger partial charge in [0.15, 0.2) is 0 Å². The first-order chi connectivity index (χ1) is 19.9. The maximum atomic E-state index is 14.5. The Morgan fingerprint density at radius 3 is 1.98 bits per heavy atom. The first-order valence-electron chi connectivity index (χ1n) is 15.0. The van der Waals surface area contributed by atoms with E-state index in [9.17, 15) is 19.2 Å². The molecule has 0 bridgehead atoms. The average Bonchev–Trinajstić information content (AvgIpc) is 2.87. The molecule has 0 aliphatic carbocycles. The van der Waals surface area contributed by atoms with Crippen LogP contribution in [0.1, 0.15) is 94.7 Å².